The molecule has 1 aliphatic heterocycles. The zero-order valence-electron chi connectivity index (χ0n) is 13.0. The highest BCUT2D eigenvalue weighted by molar-refractivity contribution is 5.80. The Labute approximate surface area is 121 Å². The third-order valence-corrected chi connectivity index (χ3v) is 4.18. The van der Waals surface area contributed by atoms with Crippen molar-refractivity contribution >= 4 is 5.96 Å². The van der Waals surface area contributed by atoms with Gasteiger partial charge in [0, 0.05) is 26.3 Å². The van der Waals surface area contributed by atoms with Gasteiger partial charge in [0.2, 0.25) is 0 Å². The van der Waals surface area contributed by atoms with E-state index in [1.165, 1.54) is 12.8 Å². The van der Waals surface area contributed by atoms with Gasteiger partial charge in [-0.15, -0.1) is 0 Å². The van der Waals surface area contributed by atoms with Gasteiger partial charge < -0.3 is 10.2 Å². The van der Waals surface area contributed by atoms with Crippen LogP contribution in [-0.2, 0) is 6.54 Å². The summed E-state index contributed by atoms with van der Waals surface area (Å²) in [6, 6.07) is 1.94. The second kappa shape index (κ2) is 6.20. The number of aliphatic imine (C=N–C) groups is 1. The van der Waals surface area contributed by atoms with E-state index in [0.29, 0.717) is 12.0 Å². The van der Waals surface area contributed by atoms with Crippen molar-refractivity contribution in [2.45, 2.75) is 40.2 Å². The minimum absolute atomic E-state index is 0.420. The van der Waals surface area contributed by atoms with Crippen LogP contribution >= 0.6 is 0 Å². The Morgan fingerprint density at radius 1 is 1.55 bits per heavy atom. The van der Waals surface area contributed by atoms with E-state index < -0.39 is 0 Å². The molecule has 1 aromatic heterocycles. The van der Waals surface area contributed by atoms with Crippen molar-refractivity contribution in [3.8, 4) is 0 Å². The van der Waals surface area contributed by atoms with Gasteiger partial charge in [0.05, 0.1) is 12.2 Å². The quantitative estimate of drug-likeness (QED) is 0.677. The van der Waals surface area contributed by atoms with E-state index in [1.54, 1.807) is 6.20 Å². The molecule has 110 valence electrons. The lowest BCUT2D eigenvalue weighted by molar-refractivity contribution is 0.322. The van der Waals surface area contributed by atoms with Gasteiger partial charge >= 0.3 is 0 Å². The molecule has 0 radical (unpaired) electrons. The molecule has 1 fully saturated rings. The van der Waals surface area contributed by atoms with E-state index in [4.69, 9.17) is 0 Å². The summed E-state index contributed by atoms with van der Waals surface area (Å²) >= 11 is 0. The van der Waals surface area contributed by atoms with E-state index in [-0.39, 0.29) is 0 Å². The maximum Gasteiger partial charge on any atom is 0.193 e. The van der Waals surface area contributed by atoms with Gasteiger partial charge in [-0.2, -0.15) is 0 Å². The lowest BCUT2D eigenvalue weighted by Gasteiger charge is -2.25. The van der Waals surface area contributed by atoms with Crippen LogP contribution in [0, 0.1) is 12.3 Å². The first kappa shape index (κ1) is 14.8. The van der Waals surface area contributed by atoms with Crippen molar-refractivity contribution in [1.29, 1.82) is 0 Å². The summed E-state index contributed by atoms with van der Waals surface area (Å²) < 4.78 is 0. The first-order valence-electron chi connectivity index (χ1n) is 7.30. The molecule has 2 heterocycles. The summed E-state index contributed by atoms with van der Waals surface area (Å²) in [6.07, 6.45) is 4.24. The highest BCUT2D eigenvalue weighted by Crippen LogP contribution is 2.32. The maximum atomic E-state index is 4.40. The van der Waals surface area contributed by atoms with Gasteiger partial charge in [0.1, 0.15) is 5.82 Å². The molecule has 0 amide bonds. The second-order valence-corrected chi connectivity index (χ2v) is 5.83. The number of likely N-dealkylation sites (tertiary alicyclic amines) is 1. The van der Waals surface area contributed by atoms with E-state index in [2.05, 4.69) is 39.0 Å². The van der Waals surface area contributed by atoms with Crippen LogP contribution in [-0.4, -0.2) is 41.0 Å². The molecule has 0 aromatic carbocycles. The third-order valence-electron chi connectivity index (χ3n) is 4.18. The zero-order valence-corrected chi connectivity index (χ0v) is 13.0. The van der Waals surface area contributed by atoms with Crippen molar-refractivity contribution < 1.29 is 0 Å². The fourth-order valence-electron chi connectivity index (χ4n) is 2.60. The molecule has 1 saturated heterocycles. The van der Waals surface area contributed by atoms with Crippen molar-refractivity contribution in [2.75, 3.05) is 20.1 Å². The monoisotopic (exact) mass is 275 g/mol. The normalized spacial score (nSPS) is 23.2. The van der Waals surface area contributed by atoms with Crippen LogP contribution in [0.4, 0.5) is 0 Å². The first-order valence-corrected chi connectivity index (χ1v) is 7.30. The minimum Gasteiger partial charge on any atom is -0.351 e. The number of guanidine groups is 1. The molecule has 0 saturated carbocycles. The summed E-state index contributed by atoms with van der Waals surface area (Å²) in [5.41, 5.74) is 1.42. The van der Waals surface area contributed by atoms with Crippen molar-refractivity contribution in [3.05, 3.63) is 23.8 Å². The number of hydrogen-bond acceptors (Lipinski definition) is 3. The Morgan fingerprint density at radius 2 is 2.35 bits per heavy atom. The molecule has 0 bridgehead atoms. The molecular formula is C15H25N5. The summed E-state index contributed by atoms with van der Waals surface area (Å²) in [4.78, 5) is 15.3. The number of nitrogens with zero attached hydrogens (tertiary/aromatic N) is 4. The topological polar surface area (TPSA) is 53.4 Å². The number of hydrogen-bond donors (Lipinski definition) is 1. The number of nitrogens with one attached hydrogen (secondary N) is 1. The van der Waals surface area contributed by atoms with Gasteiger partial charge in [-0.3, -0.25) is 4.99 Å². The molecule has 20 heavy (non-hydrogen) atoms. The van der Waals surface area contributed by atoms with Gasteiger partial charge in [-0.1, -0.05) is 13.8 Å². The molecule has 5 heteroatoms. The van der Waals surface area contributed by atoms with Crippen molar-refractivity contribution in [2.24, 2.45) is 10.4 Å². The smallest absolute Gasteiger partial charge is 0.193 e. The summed E-state index contributed by atoms with van der Waals surface area (Å²) in [5, 5.41) is 3.40. The molecule has 1 unspecified atom stereocenters. The van der Waals surface area contributed by atoms with E-state index >= 15 is 0 Å². The Hall–Kier alpha value is -1.65. The number of aromatic nitrogens is 2. The Kier molecular flexibility index (Phi) is 4.57. The first-order chi connectivity index (χ1) is 9.56. The predicted molar refractivity (Wildman–Crippen MR) is 81.6 cm³/mol. The largest absolute Gasteiger partial charge is 0.351 e. The van der Waals surface area contributed by atoms with Crippen LogP contribution in [0.1, 0.15) is 38.2 Å². The third kappa shape index (κ3) is 3.46. The molecule has 2 rings (SSSR count). The molecule has 1 aromatic rings. The molecule has 0 spiro atoms. The fourth-order valence-corrected chi connectivity index (χ4v) is 2.60. The average molecular weight is 275 g/mol. The van der Waals surface area contributed by atoms with Gasteiger partial charge in [0.25, 0.3) is 0 Å². The van der Waals surface area contributed by atoms with Crippen LogP contribution < -0.4 is 5.32 Å². The second-order valence-electron chi connectivity index (χ2n) is 5.83. The summed E-state index contributed by atoms with van der Waals surface area (Å²) in [6.45, 7) is 9.37. The lowest BCUT2D eigenvalue weighted by Crippen LogP contribution is -2.40. The standard InChI is InChI=1S/C15H25N5/c1-5-15(3)7-9-20(11-15)14(16-4)18-10-13-6-8-17-12(2)19-13/h6,8H,5,7,9-11H2,1-4H3,(H,16,18). The van der Waals surface area contributed by atoms with Crippen molar-refractivity contribution in [3.63, 3.8) is 0 Å². The molecule has 1 N–H and O–H groups in total. The van der Waals surface area contributed by atoms with Crippen LogP contribution in [0.5, 0.6) is 0 Å². The van der Waals surface area contributed by atoms with E-state index in [9.17, 15) is 0 Å². The Bertz CT molecular complexity index is 485. The van der Waals surface area contributed by atoms with Gasteiger partial charge in [0.15, 0.2) is 5.96 Å². The molecule has 1 aliphatic rings. The molecule has 5 nitrogen and oxygen atoms in total. The predicted octanol–water partition coefficient (Wildman–Crippen LogP) is 1.98. The lowest BCUT2D eigenvalue weighted by atomic mass is 9.87. The molecular weight excluding hydrogens is 250 g/mol. The highest BCUT2D eigenvalue weighted by Gasteiger charge is 2.33. The average Bonchev–Trinajstić information content (AvgIpc) is 2.83. The van der Waals surface area contributed by atoms with Crippen LogP contribution in [0.2, 0.25) is 0 Å². The van der Waals surface area contributed by atoms with Crippen molar-refractivity contribution in [1.82, 2.24) is 20.2 Å². The minimum atomic E-state index is 0.420. The van der Waals surface area contributed by atoms with E-state index in [0.717, 1.165) is 30.6 Å². The molecule has 1 atom stereocenters. The summed E-state index contributed by atoms with van der Waals surface area (Å²) in [7, 11) is 1.84. The Morgan fingerprint density at radius 3 is 2.95 bits per heavy atom. The zero-order chi connectivity index (χ0) is 14.6. The van der Waals surface area contributed by atoms with Gasteiger partial charge in [-0.25, -0.2) is 9.97 Å². The highest BCUT2D eigenvalue weighted by atomic mass is 15.3. The van der Waals surface area contributed by atoms with Crippen LogP contribution in [0.3, 0.4) is 0 Å². The maximum absolute atomic E-state index is 4.40. The number of aryl methyl sites for hydroxylation is 1. The van der Waals surface area contributed by atoms with Gasteiger partial charge in [-0.05, 0) is 31.2 Å². The number of rotatable bonds is 3. The summed E-state index contributed by atoms with van der Waals surface area (Å²) in [5.74, 6) is 1.78. The van der Waals surface area contributed by atoms with Crippen LogP contribution in [0.15, 0.2) is 17.3 Å². The SMILES string of the molecule is CCC1(C)CCN(C(=NC)NCc2ccnc(C)n2)C1. The van der Waals surface area contributed by atoms with Crippen LogP contribution in [0.25, 0.3) is 0 Å². The fraction of sp³-hybridized carbons (Fsp3) is 0.667. The Balaban J connectivity index is 1.94. The molecule has 0 aliphatic carbocycles. The van der Waals surface area contributed by atoms with E-state index in [1.807, 2.05) is 20.0 Å².